The first-order valence-electron chi connectivity index (χ1n) is 7.31. The van der Waals surface area contributed by atoms with E-state index in [1.807, 2.05) is 19.0 Å². The number of thiol groups is 1. The van der Waals surface area contributed by atoms with E-state index >= 15 is 0 Å². The van der Waals surface area contributed by atoms with Gasteiger partial charge in [-0.25, -0.2) is 9.10 Å². The molecule has 0 spiro atoms. The highest BCUT2D eigenvalue weighted by atomic mass is 32.1. The minimum absolute atomic E-state index is 0.308. The fraction of sp³-hybridized carbons (Fsp3) is 0.118. The van der Waals surface area contributed by atoms with Crippen LogP contribution in [0.15, 0.2) is 48.5 Å². The van der Waals surface area contributed by atoms with Crippen LogP contribution >= 0.6 is 12.8 Å². The average Bonchev–Trinajstić information content (AvgIpc) is 2.61. The number of hydrogen-bond donors (Lipinski definition) is 3. The molecule has 0 unspecified atom stereocenters. The van der Waals surface area contributed by atoms with Crippen LogP contribution in [0.2, 0.25) is 0 Å². The number of benzene rings is 2. The number of primary amides is 1. The Morgan fingerprint density at radius 3 is 1.84 bits per heavy atom. The van der Waals surface area contributed by atoms with E-state index in [4.69, 9.17) is 5.73 Å². The molecule has 0 aromatic heterocycles. The van der Waals surface area contributed by atoms with E-state index in [0.717, 1.165) is 9.99 Å². The van der Waals surface area contributed by atoms with Gasteiger partial charge in [0.2, 0.25) is 5.91 Å². The largest absolute Gasteiger partial charge is 0.378 e. The zero-order chi connectivity index (χ0) is 18.6. The van der Waals surface area contributed by atoms with Crippen LogP contribution in [-0.2, 0) is 0 Å². The van der Waals surface area contributed by atoms with Gasteiger partial charge in [0.15, 0.2) is 0 Å². The van der Waals surface area contributed by atoms with E-state index in [1.54, 1.807) is 24.3 Å². The lowest BCUT2D eigenvalue weighted by atomic mass is 10.2. The third-order valence-corrected chi connectivity index (χ3v) is 3.87. The maximum atomic E-state index is 12.1. The van der Waals surface area contributed by atoms with Gasteiger partial charge in [0.1, 0.15) is 0 Å². The number of carbonyl (C=O) groups is 3. The summed E-state index contributed by atoms with van der Waals surface area (Å²) in [5.74, 6) is -1.11. The molecule has 8 heteroatoms. The Morgan fingerprint density at radius 2 is 1.36 bits per heavy atom. The predicted octanol–water partition coefficient (Wildman–Crippen LogP) is 2.05. The number of rotatable bonds is 4. The van der Waals surface area contributed by atoms with Crippen molar-refractivity contribution in [3.63, 3.8) is 0 Å². The fourth-order valence-corrected chi connectivity index (χ4v) is 2.20. The Balaban J connectivity index is 2.04. The molecule has 0 aliphatic rings. The molecule has 3 N–H and O–H groups in total. The molecule has 0 atom stereocenters. The van der Waals surface area contributed by atoms with Gasteiger partial charge in [-0.1, -0.05) is 12.8 Å². The average molecular weight is 358 g/mol. The van der Waals surface area contributed by atoms with Gasteiger partial charge < -0.3 is 10.6 Å². The molecule has 4 amide bonds. The first-order valence-corrected chi connectivity index (χ1v) is 7.71. The maximum Gasteiger partial charge on any atom is 0.338 e. The van der Waals surface area contributed by atoms with Gasteiger partial charge in [-0.2, -0.15) is 0 Å². The van der Waals surface area contributed by atoms with E-state index in [1.165, 1.54) is 24.3 Å². The highest BCUT2D eigenvalue weighted by Gasteiger charge is 2.17. The Hall–Kier alpha value is -3.00. The Bertz CT molecular complexity index is 789. The van der Waals surface area contributed by atoms with Gasteiger partial charge in [-0.15, -0.1) is 0 Å². The third kappa shape index (κ3) is 4.51. The number of nitrogens with zero attached hydrogens (tertiary/aromatic N) is 2. The van der Waals surface area contributed by atoms with Crippen LogP contribution in [0, 0.1) is 0 Å². The van der Waals surface area contributed by atoms with Crippen LogP contribution in [0.1, 0.15) is 20.7 Å². The zero-order valence-corrected chi connectivity index (χ0v) is 14.7. The summed E-state index contributed by atoms with van der Waals surface area (Å²) in [7, 11) is 3.78. The summed E-state index contributed by atoms with van der Waals surface area (Å²) in [6.45, 7) is 0. The first kappa shape index (κ1) is 18.3. The molecule has 0 saturated carbocycles. The monoisotopic (exact) mass is 358 g/mol. The number of imide groups is 1. The molecule has 0 saturated heterocycles. The molecular formula is C17H18N4O3S. The van der Waals surface area contributed by atoms with Crippen molar-refractivity contribution >= 4 is 42.0 Å². The summed E-state index contributed by atoms with van der Waals surface area (Å²) >= 11 is 4.08. The highest BCUT2D eigenvalue weighted by Crippen LogP contribution is 2.18. The van der Waals surface area contributed by atoms with Crippen molar-refractivity contribution in [3.8, 4) is 0 Å². The molecule has 0 radical (unpaired) electrons. The normalized spacial score (nSPS) is 10.0. The van der Waals surface area contributed by atoms with Crippen molar-refractivity contribution in [2.24, 2.45) is 5.73 Å². The van der Waals surface area contributed by atoms with E-state index in [-0.39, 0.29) is 0 Å². The van der Waals surface area contributed by atoms with Crippen molar-refractivity contribution in [2.45, 2.75) is 0 Å². The molecule has 2 aromatic rings. The Labute approximate surface area is 150 Å². The molecule has 0 heterocycles. The van der Waals surface area contributed by atoms with Gasteiger partial charge in [0.05, 0.1) is 5.69 Å². The van der Waals surface area contributed by atoms with Crippen molar-refractivity contribution in [2.75, 3.05) is 23.3 Å². The van der Waals surface area contributed by atoms with Crippen molar-refractivity contribution < 1.29 is 14.4 Å². The topological polar surface area (TPSA) is 95.7 Å². The molecule has 7 nitrogen and oxygen atoms in total. The van der Waals surface area contributed by atoms with Crippen LogP contribution in [0.5, 0.6) is 0 Å². The minimum Gasteiger partial charge on any atom is -0.378 e. The molecule has 2 rings (SSSR count). The fourth-order valence-electron chi connectivity index (χ4n) is 2.02. The lowest BCUT2D eigenvalue weighted by molar-refractivity contribution is 0.0964. The van der Waals surface area contributed by atoms with Crippen LogP contribution < -0.4 is 20.3 Å². The Kier molecular flexibility index (Phi) is 5.66. The van der Waals surface area contributed by atoms with Crippen LogP contribution in [0.25, 0.3) is 0 Å². The number of amides is 4. The van der Waals surface area contributed by atoms with Crippen LogP contribution in [0.4, 0.5) is 16.2 Å². The third-order valence-electron chi connectivity index (χ3n) is 3.46. The maximum absolute atomic E-state index is 12.1. The molecule has 130 valence electrons. The minimum atomic E-state index is -0.711. The second-order valence-electron chi connectivity index (χ2n) is 5.42. The zero-order valence-electron chi connectivity index (χ0n) is 13.8. The number of nitrogens with two attached hydrogens (primary N) is 1. The molecule has 0 aliphatic heterocycles. The second-order valence-corrected chi connectivity index (χ2v) is 5.82. The standard InChI is InChI=1S/C17H18N4O3S/c1-20(2)13-7-5-12(6-8-13)16(23)19-17(24)21(25)14-9-3-11(4-10-14)15(18)22/h3-10,25H,1-2H3,(H2,18,22)(H,19,23,24). The van der Waals surface area contributed by atoms with E-state index in [9.17, 15) is 14.4 Å². The summed E-state index contributed by atoms with van der Waals surface area (Å²) in [5.41, 5.74) is 7.15. The van der Waals surface area contributed by atoms with Gasteiger partial charge in [0, 0.05) is 30.9 Å². The number of carbonyl (C=O) groups excluding carboxylic acids is 3. The first-order chi connectivity index (χ1) is 11.8. The van der Waals surface area contributed by atoms with Crippen molar-refractivity contribution in [1.82, 2.24) is 5.32 Å². The summed E-state index contributed by atoms with van der Waals surface area (Å²) in [5, 5.41) is 2.25. The van der Waals surface area contributed by atoms with Crippen LogP contribution in [0.3, 0.4) is 0 Å². The molecule has 25 heavy (non-hydrogen) atoms. The summed E-state index contributed by atoms with van der Waals surface area (Å²) in [6.07, 6.45) is 0. The van der Waals surface area contributed by atoms with Crippen molar-refractivity contribution in [3.05, 3.63) is 59.7 Å². The van der Waals surface area contributed by atoms with Gasteiger partial charge >= 0.3 is 6.03 Å². The SMILES string of the molecule is CN(C)c1ccc(C(=O)NC(=O)N(S)c2ccc(C(N)=O)cc2)cc1. The lowest BCUT2D eigenvalue weighted by Crippen LogP contribution is -2.38. The van der Waals surface area contributed by atoms with E-state index in [2.05, 4.69) is 18.1 Å². The van der Waals surface area contributed by atoms with Gasteiger partial charge in [-0.05, 0) is 48.5 Å². The summed E-state index contributed by atoms with van der Waals surface area (Å²) in [6, 6.07) is 12.0. The molecule has 0 aliphatic carbocycles. The predicted molar refractivity (Wildman–Crippen MR) is 100 cm³/mol. The molecule has 0 fully saturated rings. The molecule has 0 bridgehead atoms. The number of hydrogen-bond acceptors (Lipinski definition) is 5. The van der Waals surface area contributed by atoms with Gasteiger partial charge in [-0.3, -0.25) is 14.9 Å². The quantitative estimate of drug-likeness (QED) is 0.729. The van der Waals surface area contributed by atoms with E-state index < -0.39 is 17.8 Å². The molecule has 2 aromatic carbocycles. The lowest BCUT2D eigenvalue weighted by Gasteiger charge is -2.16. The highest BCUT2D eigenvalue weighted by molar-refractivity contribution is 7.82. The summed E-state index contributed by atoms with van der Waals surface area (Å²) in [4.78, 5) is 37.2. The smallest absolute Gasteiger partial charge is 0.338 e. The Morgan fingerprint density at radius 1 is 0.880 bits per heavy atom. The number of nitrogens with one attached hydrogen (secondary N) is 1. The van der Waals surface area contributed by atoms with E-state index in [0.29, 0.717) is 16.8 Å². The second kappa shape index (κ2) is 7.71. The van der Waals surface area contributed by atoms with Crippen LogP contribution in [-0.4, -0.2) is 31.9 Å². The van der Waals surface area contributed by atoms with Gasteiger partial charge in [0.25, 0.3) is 5.91 Å². The molecular weight excluding hydrogens is 340 g/mol. The van der Waals surface area contributed by atoms with Crippen molar-refractivity contribution in [1.29, 1.82) is 0 Å². The number of anilines is 2. The summed E-state index contributed by atoms with van der Waals surface area (Å²) < 4.78 is 0.969. The number of urea groups is 1.